The van der Waals surface area contributed by atoms with Gasteiger partial charge in [0.05, 0.1) is 0 Å². The van der Waals surface area contributed by atoms with Crippen molar-refractivity contribution in [1.29, 1.82) is 0 Å². The molecule has 0 N–H and O–H groups in total. The first kappa shape index (κ1) is 12.4. The van der Waals surface area contributed by atoms with Crippen LogP contribution in [0.25, 0.3) is 0 Å². The van der Waals surface area contributed by atoms with Gasteiger partial charge in [-0.25, -0.2) is 0 Å². The van der Waals surface area contributed by atoms with E-state index in [1.807, 2.05) is 0 Å². The molecule has 0 unspecified atom stereocenters. The maximum atomic E-state index is 2.28. The second-order valence-electron chi connectivity index (χ2n) is 3.44. The molecule has 0 amide bonds. The van der Waals surface area contributed by atoms with Crippen molar-refractivity contribution in [1.82, 2.24) is 0 Å². The van der Waals surface area contributed by atoms with Gasteiger partial charge in [-0.2, -0.15) is 0 Å². The highest BCUT2D eigenvalue weighted by atomic mass is 31.1. The molecule has 73 valence electrons. The first-order chi connectivity index (χ1) is 5.91. The smallest absolute Gasteiger partial charge is 0.0287 e. The highest BCUT2D eigenvalue weighted by Gasteiger charge is 1.90. The van der Waals surface area contributed by atoms with E-state index in [1.165, 1.54) is 57.3 Å². The average molecular weight is 187 g/mol. The Morgan fingerprint density at radius 2 is 1.25 bits per heavy atom. The van der Waals surface area contributed by atoms with Crippen molar-refractivity contribution in [3.63, 3.8) is 0 Å². The van der Waals surface area contributed by atoms with E-state index in [2.05, 4.69) is 13.8 Å². The maximum Gasteiger partial charge on any atom is -0.0287 e. The third-order valence-electron chi connectivity index (χ3n) is 2.09. The Hall–Kier alpha value is 0.430. The Labute approximate surface area is 80.3 Å². The second kappa shape index (κ2) is 11.4. The van der Waals surface area contributed by atoms with Crippen LogP contribution in [0.2, 0.25) is 0 Å². The van der Waals surface area contributed by atoms with Crippen LogP contribution in [-0.2, 0) is 0 Å². The summed E-state index contributed by atoms with van der Waals surface area (Å²) in [5, 5.41) is 0. The molecule has 0 atom stereocenters. The van der Waals surface area contributed by atoms with Crippen molar-refractivity contribution in [2.24, 2.45) is 0 Å². The Morgan fingerprint density at radius 1 is 0.667 bits per heavy atom. The lowest BCUT2D eigenvalue weighted by Crippen LogP contribution is -1.82. The molecule has 0 bridgehead atoms. The molecule has 0 rings (SSSR count). The Morgan fingerprint density at radius 3 is 1.92 bits per heavy atom. The highest BCUT2D eigenvalue weighted by Crippen LogP contribution is 2.16. The molecule has 0 heterocycles. The zero-order valence-corrected chi connectivity index (χ0v) is 9.71. The molecule has 0 spiro atoms. The molecule has 0 aliphatic carbocycles. The van der Waals surface area contributed by atoms with E-state index in [0.29, 0.717) is 0 Å². The van der Waals surface area contributed by atoms with Crippen LogP contribution in [0.1, 0.15) is 58.8 Å². The predicted octanol–water partition coefficient (Wildman–Crippen LogP) is 4.70. The van der Waals surface area contributed by atoms with Gasteiger partial charge in [-0.15, -0.1) is 0 Å². The third kappa shape index (κ3) is 10.4. The van der Waals surface area contributed by atoms with Gasteiger partial charge >= 0.3 is 0 Å². The summed E-state index contributed by atoms with van der Waals surface area (Å²) in [6, 6.07) is 0. The molecule has 0 aromatic heterocycles. The summed E-state index contributed by atoms with van der Waals surface area (Å²) in [6.45, 7) is 4.55. The molecule has 0 saturated carbocycles. The number of hydrogen-bond acceptors (Lipinski definition) is 0. The zero-order chi connectivity index (χ0) is 9.07. The molecular formula is C11H24P. The molecule has 1 radical (unpaired) electrons. The van der Waals surface area contributed by atoms with Gasteiger partial charge in [-0.1, -0.05) is 54.5 Å². The minimum atomic E-state index is 1.36. The van der Waals surface area contributed by atoms with Gasteiger partial charge in [0.25, 0.3) is 0 Å². The van der Waals surface area contributed by atoms with Crippen LogP contribution in [0, 0.1) is 0 Å². The van der Waals surface area contributed by atoms with Crippen LogP contribution < -0.4 is 0 Å². The summed E-state index contributed by atoms with van der Waals surface area (Å²) in [6.07, 6.45) is 12.9. The molecule has 0 aromatic rings. The van der Waals surface area contributed by atoms with E-state index < -0.39 is 0 Å². The summed E-state index contributed by atoms with van der Waals surface area (Å²) >= 11 is 0. The Balaban J connectivity index is 2.73. The van der Waals surface area contributed by atoms with Crippen molar-refractivity contribution in [3.05, 3.63) is 0 Å². The van der Waals surface area contributed by atoms with Crippen LogP contribution in [-0.4, -0.2) is 12.3 Å². The molecule has 0 aliphatic heterocycles. The topological polar surface area (TPSA) is 0 Å². The van der Waals surface area contributed by atoms with Crippen molar-refractivity contribution >= 4 is 8.58 Å². The van der Waals surface area contributed by atoms with Crippen LogP contribution in [0.3, 0.4) is 0 Å². The van der Waals surface area contributed by atoms with Gasteiger partial charge in [0.1, 0.15) is 0 Å². The molecule has 1 heteroatoms. The Kier molecular flexibility index (Phi) is 11.8. The molecule has 0 aromatic carbocycles. The summed E-state index contributed by atoms with van der Waals surface area (Å²) in [5.74, 6) is 0. The van der Waals surface area contributed by atoms with Gasteiger partial charge in [0.15, 0.2) is 0 Å². The SMILES string of the molecule is CCCCCCC[P]CCCC. The predicted molar refractivity (Wildman–Crippen MR) is 60.3 cm³/mol. The van der Waals surface area contributed by atoms with E-state index in [4.69, 9.17) is 0 Å². The molecule has 0 aliphatic rings. The number of unbranched alkanes of at least 4 members (excludes halogenated alkanes) is 5. The van der Waals surface area contributed by atoms with Crippen molar-refractivity contribution in [2.75, 3.05) is 12.3 Å². The minimum absolute atomic E-state index is 1.36. The van der Waals surface area contributed by atoms with E-state index in [1.54, 1.807) is 8.58 Å². The van der Waals surface area contributed by atoms with E-state index in [-0.39, 0.29) is 0 Å². The Bertz CT molecular complexity index is 61.4. The highest BCUT2D eigenvalue weighted by molar-refractivity contribution is 7.37. The summed E-state index contributed by atoms with van der Waals surface area (Å²) in [5.41, 5.74) is 0. The van der Waals surface area contributed by atoms with E-state index in [9.17, 15) is 0 Å². The second-order valence-corrected chi connectivity index (χ2v) is 4.78. The maximum absolute atomic E-state index is 2.28. The lowest BCUT2D eigenvalue weighted by atomic mass is 10.2. The molecule has 0 saturated heterocycles. The fourth-order valence-electron chi connectivity index (χ4n) is 1.21. The van der Waals surface area contributed by atoms with Gasteiger partial charge < -0.3 is 0 Å². The van der Waals surface area contributed by atoms with Gasteiger partial charge in [0, 0.05) is 0 Å². The molecular weight excluding hydrogens is 163 g/mol. The van der Waals surface area contributed by atoms with Crippen molar-refractivity contribution < 1.29 is 0 Å². The van der Waals surface area contributed by atoms with Gasteiger partial charge in [-0.3, -0.25) is 0 Å². The molecule has 0 fully saturated rings. The average Bonchev–Trinajstić information content (AvgIpc) is 2.10. The zero-order valence-electron chi connectivity index (χ0n) is 8.81. The van der Waals surface area contributed by atoms with Crippen LogP contribution in [0.5, 0.6) is 0 Å². The summed E-state index contributed by atoms with van der Waals surface area (Å²) in [7, 11) is 1.69. The normalized spacial score (nSPS) is 11.5. The van der Waals surface area contributed by atoms with Crippen LogP contribution in [0.4, 0.5) is 0 Å². The van der Waals surface area contributed by atoms with Crippen LogP contribution >= 0.6 is 8.58 Å². The first-order valence-corrected chi connectivity index (χ1v) is 6.81. The lowest BCUT2D eigenvalue weighted by molar-refractivity contribution is 0.658. The third-order valence-corrected chi connectivity index (χ3v) is 3.35. The van der Waals surface area contributed by atoms with Crippen molar-refractivity contribution in [3.8, 4) is 0 Å². The summed E-state index contributed by atoms with van der Waals surface area (Å²) < 4.78 is 0. The first-order valence-electron chi connectivity index (χ1n) is 5.55. The fourth-order valence-corrected chi connectivity index (χ4v) is 2.42. The molecule has 0 nitrogen and oxygen atoms in total. The quantitative estimate of drug-likeness (QED) is 0.362. The van der Waals surface area contributed by atoms with E-state index >= 15 is 0 Å². The van der Waals surface area contributed by atoms with E-state index in [0.717, 1.165) is 0 Å². The van der Waals surface area contributed by atoms with Gasteiger partial charge in [0.2, 0.25) is 0 Å². The lowest BCUT2D eigenvalue weighted by Gasteiger charge is -1.99. The standard InChI is InChI=1S/C11H24P/c1-3-5-7-8-9-11-12-10-6-4-2/h3-11H2,1-2H3. The molecule has 12 heavy (non-hydrogen) atoms. The van der Waals surface area contributed by atoms with Crippen molar-refractivity contribution in [2.45, 2.75) is 58.8 Å². The largest absolute Gasteiger partial charge is 0.0810 e. The van der Waals surface area contributed by atoms with Crippen LogP contribution in [0.15, 0.2) is 0 Å². The fraction of sp³-hybridized carbons (Fsp3) is 1.00. The number of hydrogen-bond donors (Lipinski definition) is 0. The van der Waals surface area contributed by atoms with Gasteiger partial charge in [-0.05, 0) is 25.2 Å². The monoisotopic (exact) mass is 187 g/mol. The number of rotatable bonds is 9. The summed E-state index contributed by atoms with van der Waals surface area (Å²) in [4.78, 5) is 0. The minimum Gasteiger partial charge on any atom is -0.0810 e.